The Morgan fingerprint density at radius 3 is 2.68 bits per heavy atom. The Hall–Kier alpha value is -2.14. The Bertz CT molecular complexity index is 713. The Balaban J connectivity index is 1.93. The summed E-state index contributed by atoms with van der Waals surface area (Å²) in [5.74, 6) is 0.566. The molecule has 0 radical (unpaired) electrons. The van der Waals surface area contributed by atoms with Gasteiger partial charge in [-0.2, -0.15) is 0 Å². The second-order valence-electron chi connectivity index (χ2n) is 5.89. The maximum Gasteiger partial charge on any atom is 0.227 e. The molecule has 1 aromatic heterocycles. The van der Waals surface area contributed by atoms with Crippen molar-refractivity contribution in [3.05, 3.63) is 46.7 Å². The molecule has 0 spiro atoms. The monoisotopic (exact) mass is 316 g/mol. The van der Waals surface area contributed by atoms with Crippen LogP contribution in [0.2, 0.25) is 5.02 Å². The zero-order chi connectivity index (χ0) is 15.7. The lowest BCUT2D eigenvalue weighted by atomic mass is 9.89. The average molecular weight is 317 g/mol. The quantitative estimate of drug-likeness (QED) is 0.893. The van der Waals surface area contributed by atoms with Crippen molar-refractivity contribution in [1.29, 1.82) is 0 Å². The van der Waals surface area contributed by atoms with E-state index in [-0.39, 0.29) is 5.91 Å². The Kier molecular flexibility index (Phi) is 3.74. The van der Waals surface area contributed by atoms with Crippen LogP contribution in [-0.4, -0.2) is 15.9 Å². The molecule has 2 heterocycles. The second-order valence-corrected chi connectivity index (χ2v) is 6.33. The molecule has 0 unspecified atom stereocenters. The van der Waals surface area contributed by atoms with Gasteiger partial charge in [-0.1, -0.05) is 17.7 Å². The molecule has 0 fully saturated rings. The van der Waals surface area contributed by atoms with E-state index in [9.17, 15) is 4.79 Å². The van der Waals surface area contributed by atoms with Gasteiger partial charge in [0.15, 0.2) is 0 Å². The smallest absolute Gasteiger partial charge is 0.227 e. The van der Waals surface area contributed by atoms with E-state index in [1.165, 1.54) is 5.56 Å². The van der Waals surface area contributed by atoms with Crippen LogP contribution in [0.5, 0.6) is 0 Å². The van der Waals surface area contributed by atoms with Crippen LogP contribution in [0.3, 0.4) is 0 Å². The summed E-state index contributed by atoms with van der Waals surface area (Å²) >= 11 is 5.79. The normalized spacial score (nSPS) is 16.4. The van der Waals surface area contributed by atoms with Crippen LogP contribution >= 0.6 is 11.6 Å². The van der Waals surface area contributed by atoms with Crippen molar-refractivity contribution in [3.63, 3.8) is 0 Å². The van der Waals surface area contributed by atoms with Gasteiger partial charge in [-0.05, 0) is 43.5 Å². The highest BCUT2D eigenvalue weighted by Gasteiger charge is 2.28. The van der Waals surface area contributed by atoms with Crippen molar-refractivity contribution in [2.24, 2.45) is 0 Å². The topological polar surface area (TPSA) is 66.9 Å². The maximum atomic E-state index is 11.8. The minimum absolute atomic E-state index is 0.0803. The van der Waals surface area contributed by atoms with Gasteiger partial charge in [-0.15, -0.1) is 0 Å². The largest absolute Gasteiger partial charge is 0.347 e. The molecule has 0 saturated carbocycles. The van der Waals surface area contributed by atoms with Crippen molar-refractivity contribution in [2.75, 3.05) is 5.32 Å². The number of rotatable bonds is 2. The summed E-state index contributed by atoms with van der Waals surface area (Å²) in [5.41, 5.74) is 2.77. The van der Waals surface area contributed by atoms with Gasteiger partial charge in [0.05, 0.1) is 23.0 Å². The van der Waals surface area contributed by atoms with Crippen LogP contribution in [0, 0.1) is 0 Å². The van der Waals surface area contributed by atoms with Gasteiger partial charge in [0.25, 0.3) is 0 Å². The number of anilines is 2. The van der Waals surface area contributed by atoms with Gasteiger partial charge in [0, 0.05) is 12.1 Å². The van der Waals surface area contributed by atoms with Crippen LogP contribution < -0.4 is 10.6 Å². The number of nitrogens with one attached hydrogen (secondary N) is 2. The van der Waals surface area contributed by atoms with Crippen molar-refractivity contribution in [3.8, 4) is 0 Å². The lowest BCUT2D eigenvalue weighted by molar-refractivity contribution is -0.122. The molecular formula is C16H17ClN4O. The number of nitrogens with zero attached hydrogens (tertiary/aromatic N) is 2. The van der Waals surface area contributed by atoms with Crippen LogP contribution in [0.25, 0.3) is 0 Å². The Labute approximate surface area is 134 Å². The molecule has 2 N–H and O–H groups in total. The minimum Gasteiger partial charge on any atom is -0.347 e. The molecule has 1 amide bonds. The highest BCUT2D eigenvalue weighted by molar-refractivity contribution is 6.30. The summed E-state index contributed by atoms with van der Waals surface area (Å²) in [5, 5.41) is 6.71. The van der Waals surface area contributed by atoms with E-state index in [1.807, 2.05) is 26.0 Å². The third-order valence-corrected chi connectivity index (χ3v) is 3.93. The van der Waals surface area contributed by atoms with E-state index in [4.69, 9.17) is 11.6 Å². The number of fused-ring (bicyclic) bond motifs is 1. The fourth-order valence-electron chi connectivity index (χ4n) is 2.69. The minimum atomic E-state index is -0.401. The van der Waals surface area contributed by atoms with E-state index in [2.05, 4.69) is 26.7 Å². The first kappa shape index (κ1) is 14.8. The molecule has 0 atom stereocenters. The Morgan fingerprint density at radius 1 is 1.23 bits per heavy atom. The van der Waals surface area contributed by atoms with Crippen molar-refractivity contribution in [2.45, 2.75) is 32.2 Å². The molecule has 0 saturated heterocycles. The van der Waals surface area contributed by atoms with Crippen LogP contribution in [0.4, 0.5) is 11.6 Å². The van der Waals surface area contributed by atoms with Crippen LogP contribution in [0.1, 0.15) is 31.4 Å². The van der Waals surface area contributed by atoms with Crippen molar-refractivity contribution < 1.29 is 4.79 Å². The van der Waals surface area contributed by atoms with E-state index in [1.54, 1.807) is 12.4 Å². The first-order chi connectivity index (χ1) is 10.4. The molecule has 5 nitrogen and oxygen atoms in total. The third kappa shape index (κ3) is 3.04. The number of benzene rings is 1. The molecule has 6 heteroatoms. The zero-order valence-electron chi connectivity index (χ0n) is 12.5. The number of aryl methyl sites for hydroxylation is 1. The Morgan fingerprint density at radius 2 is 1.95 bits per heavy atom. The number of carbonyl (C=O) groups excluding carboxylic acids is 1. The predicted octanol–water partition coefficient (Wildman–Crippen LogP) is 3.17. The molecule has 0 aliphatic carbocycles. The summed E-state index contributed by atoms with van der Waals surface area (Å²) in [6.07, 6.45) is 4.36. The molecule has 2 aromatic rings. The van der Waals surface area contributed by atoms with Gasteiger partial charge in [-0.3, -0.25) is 4.79 Å². The van der Waals surface area contributed by atoms with Crippen LogP contribution in [-0.2, 0) is 16.8 Å². The number of amides is 1. The molecule has 22 heavy (non-hydrogen) atoms. The van der Waals surface area contributed by atoms with Gasteiger partial charge >= 0.3 is 0 Å². The summed E-state index contributed by atoms with van der Waals surface area (Å²) in [7, 11) is 0. The maximum absolute atomic E-state index is 11.8. The molecule has 1 aliphatic rings. The van der Waals surface area contributed by atoms with E-state index in [0.717, 1.165) is 17.7 Å². The lowest BCUT2D eigenvalue weighted by Crippen LogP contribution is -2.39. The number of aromatic nitrogens is 2. The molecule has 0 bridgehead atoms. The molecule has 3 rings (SSSR count). The highest BCUT2D eigenvalue weighted by Crippen LogP contribution is 2.31. The molecule has 1 aliphatic heterocycles. The van der Waals surface area contributed by atoms with Gasteiger partial charge in [-0.25, -0.2) is 9.97 Å². The first-order valence-corrected chi connectivity index (χ1v) is 7.51. The highest BCUT2D eigenvalue weighted by atomic mass is 35.5. The van der Waals surface area contributed by atoms with Crippen molar-refractivity contribution in [1.82, 2.24) is 15.3 Å². The predicted molar refractivity (Wildman–Crippen MR) is 86.3 cm³/mol. The summed E-state index contributed by atoms with van der Waals surface area (Å²) in [6, 6.07) is 6.07. The molecule has 1 aromatic carbocycles. The van der Waals surface area contributed by atoms with Gasteiger partial charge in [0.2, 0.25) is 11.9 Å². The number of carbonyl (C=O) groups is 1. The fourth-order valence-corrected chi connectivity index (χ4v) is 2.78. The van der Waals surface area contributed by atoms with Crippen LogP contribution in [0.15, 0.2) is 30.6 Å². The van der Waals surface area contributed by atoms with Gasteiger partial charge in [0.1, 0.15) is 0 Å². The van der Waals surface area contributed by atoms with E-state index >= 15 is 0 Å². The van der Waals surface area contributed by atoms with E-state index in [0.29, 0.717) is 17.4 Å². The average Bonchev–Trinajstić information content (AvgIpc) is 2.58. The number of halogens is 1. The number of hydrogen-bond donors (Lipinski definition) is 2. The second kappa shape index (κ2) is 5.57. The SMILES string of the molecule is CC1(C)NC(=O)CCc2ccc(Nc3ncc(Cl)cn3)cc21. The summed E-state index contributed by atoms with van der Waals surface area (Å²) in [6.45, 7) is 4.02. The lowest BCUT2D eigenvalue weighted by Gasteiger charge is -2.27. The molecule has 114 valence electrons. The summed E-state index contributed by atoms with van der Waals surface area (Å²) < 4.78 is 0. The third-order valence-electron chi connectivity index (χ3n) is 3.73. The van der Waals surface area contributed by atoms with E-state index < -0.39 is 5.54 Å². The summed E-state index contributed by atoms with van der Waals surface area (Å²) in [4.78, 5) is 20.1. The zero-order valence-corrected chi connectivity index (χ0v) is 13.2. The fraction of sp³-hybridized carbons (Fsp3) is 0.312. The van der Waals surface area contributed by atoms with Crippen molar-refractivity contribution >= 4 is 29.1 Å². The molecular weight excluding hydrogens is 300 g/mol. The standard InChI is InChI=1S/C16H17ClN4O/c1-16(2)13-7-12(20-15-18-8-11(17)9-19-15)5-3-10(13)4-6-14(22)21-16/h3,5,7-9H,4,6H2,1-2H3,(H,21,22)(H,18,19,20). The number of hydrogen-bond acceptors (Lipinski definition) is 4. The first-order valence-electron chi connectivity index (χ1n) is 7.13. The van der Waals surface area contributed by atoms with Gasteiger partial charge < -0.3 is 10.6 Å².